The number of hydrogen-bond acceptors (Lipinski definition) is 5. The summed E-state index contributed by atoms with van der Waals surface area (Å²) in [5.41, 5.74) is 1.33. The first-order chi connectivity index (χ1) is 14.1. The highest BCUT2D eigenvalue weighted by atomic mass is 19.1. The molecule has 0 saturated carbocycles. The number of para-hydroxylation sites is 1. The first kappa shape index (κ1) is 19.1. The van der Waals surface area contributed by atoms with Gasteiger partial charge in [-0.15, -0.1) is 0 Å². The molecule has 6 nitrogen and oxygen atoms in total. The lowest BCUT2D eigenvalue weighted by Gasteiger charge is -2.34. The molecule has 29 heavy (non-hydrogen) atoms. The van der Waals surface area contributed by atoms with Crippen LogP contribution in [0.15, 0.2) is 63.8 Å². The van der Waals surface area contributed by atoms with Crippen molar-refractivity contribution < 1.29 is 13.6 Å². The van der Waals surface area contributed by atoms with E-state index < -0.39 is 5.82 Å². The number of fused-ring (bicyclic) bond motifs is 1. The quantitative estimate of drug-likeness (QED) is 0.673. The van der Waals surface area contributed by atoms with Gasteiger partial charge in [0.2, 0.25) is 0 Å². The van der Waals surface area contributed by atoms with Crippen LogP contribution in [0.4, 0.5) is 10.1 Å². The van der Waals surface area contributed by atoms with Crippen molar-refractivity contribution >= 4 is 22.6 Å². The molecule has 0 bridgehead atoms. The molecule has 1 fully saturated rings. The van der Waals surface area contributed by atoms with E-state index in [1.165, 1.54) is 18.2 Å². The Kier molecular flexibility index (Phi) is 5.57. The molecule has 1 saturated heterocycles. The molecule has 4 rings (SSSR count). The summed E-state index contributed by atoms with van der Waals surface area (Å²) in [5.74, 6) is -0.534. The van der Waals surface area contributed by atoms with E-state index in [9.17, 15) is 14.0 Å². The molecule has 1 N–H and O–H groups in total. The van der Waals surface area contributed by atoms with E-state index in [1.54, 1.807) is 23.1 Å². The molecule has 1 aliphatic rings. The molecule has 0 spiro atoms. The summed E-state index contributed by atoms with van der Waals surface area (Å²) < 4.78 is 18.6. The minimum Gasteiger partial charge on any atom is -0.423 e. The average Bonchev–Trinajstić information content (AvgIpc) is 2.73. The number of halogens is 1. The standard InChI is InChI=1S/C22H22FN3O3/c23-17-5-3-4-16(14-17)22(28)26-12-10-25(11-13-26)9-8-24-19-15-21(27)29-20-7-2-1-6-18(19)20/h1-7,14-15,24H,8-13H2. The van der Waals surface area contributed by atoms with E-state index in [4.69, 9.17) is 4.42 Å². The van der Waals surface area contributed by atoms with Gasteiger partial charge in [0.1, 0.15) is 11.4 Å². The van der Waals surface area contributed by atoms with Crippen LogP contribution in [0.2, 0.25) is 0 Å². The van der Waals surface area contributed by atoms with E-state index >= 15 is 0 Å². The Hall–Kier alpha value is -3.19. The molecule has 1 aliphatic heterocycles. The van der Waals surface area contributed by atoms with Crippen molar-refractivity contribution in [1.29, 1.82) is 0 Å². The average molecular weight is 395 g/mol. The summed E-state index contributed by atoms with van der Waals surface area (Å²) in [7, 11) is 0. The van der Waals surface area contributed by atoms with Gasteiger partial charge in [0.25, 0.3) is 5.91 Å². The van der Waals surface area contributed by atoms with Crippen molar-refractivity contribution in [3.8, 4) is 0 Å². The number of amides is 1. The third-order valence-electron chi connectivity index (χ3n) is 5.12. The van der Waals surface area contributed by atoms with Crippen molar-refractivity contribution in [3.05, 3.63) is 76.4 Å². The van der Waals surface area contributed by atoms with Gasteiger partial charge in [-0.2, -0.15) is 0 Å². The van der Waals surface area contributed by atoms with Crippen LogP contribution in [0.5, 0.6) is 0 Å². The molecular weight excluding hydrogens is 373 g/mol. The zero-order valence-corrected chi connectivity index (χ0v) is 15.9. The maximum absolute atomic E-state index is 13.3. The number of carbonyl (C=O) groups excluding carboxylic acids is 1. The predicted molar refractivity (Wildman–Crippen MR) is 110 cm³/mol. The summed E-state index contributed by atoms with van der Waals surface area (Å²) in [6, 6.07) is 14.7. The van der Waals surface area contributed by atoms with Gasteiger partial charge in [-0.05, 0) is 30.3 Å². The Morgan fingerprint density at radius 1 is 1.03 bits per heavy atom. The second kappa shape index (κ2) is 8.45. The molecule has 7 heteroatoms. The number of hydrogen-bond donors (Lipinski definition) is 1. The zero-order valence-electron chi connectivity index (χ0n) is 15.9. The summed E-state index contributed by atoms with van der Waals surface area (Å²) in [6.07, 6.45) is 0. The summed E-state index contributed by atoms with van der Waals surface area (Å²) in [5, 5.41) is 4.19. The lowest BCUT2D eigenvalue weighted by molar-refractivity contribution is 0.0641. The third kappa shape index (κ3) is 4.46. The topological polar surface area (TPSA) is 65.8 Å². The fraction of sp³-hybridized carbons (Fsp3) is 0.273. The van der Waals surface area contributed by atoms with Crippen molar-refractivity contribution in [1.82, 2.24) is 9.80 Å². The molecule has 0 unspecified atom stereocenters. The largest absolute Gasteiger partial charge is 0.423 e. The summed E-state index contributed by atoms with van der Waals surface area (Å²) in [6.45, 7) is 4.17. The number of anilines is 1. The van der Waals surface area contributed by atoms with Crippen molar-refractivity contribution in [2.75, 3.05) is 44.6 Å². The van der Waals surface area contributed by atoms with Gasteiger partial charge >= 0.3 is 5.63 Å². The van der Waals surface area contributed by atoms with Crippen LogP contribution in [0.25, 0.3) is 11.0 Å². The number of rotatable bonds is 5. The van der Waals surface area contributed by atoms with Crippen LogP contribution in [-0.4, -0.2) is 55.0 Å². The zero-order chi connectivity index (χ0) is 20.2. The van der Waals surface area contributed by atoms with Crippen molar-refractivity contribution in [3.63, 3.8) is 0 Å². The van der Waals surface area contributed by atoms with E-state index in [0.29, 0.717) is 30.8 Å². The maximum Gasteiger partial charge on any atom is 0.338 e. The Bertz CT molecular complexity index is 1070. The van der Waals surface area contributed by atoms with Gasteiger partial charge in [0, 0.05) is 56.3 Å². The van der Waals surface area contributed by atoms with Gasteiger partial charge < -0.3 is 14.6 Å². The second-order valence-electron chi connectivity index (χ2n) is 7.05. The third-order valence-corrected chi connectivity index (χ3v) is 5.12. The Morgan fingerprint density at radius 3 is 2.62 bits per heavy atom. The summed E-state index contributed by atoms with van der Waals surface area (Å²) >= 11 is 0. The fourth-order valence-electron chi connectivity index (χ4n) is 3.59. The molecule has 0 aliphatic carbocycles. The maximum atomic E-state index is 13.3. The lowest BCUT2D eigenvalue weighted by Crippen LogP contribution is -2.49. The van der Waals surface area contributed by atoms with Crippen LogP contribution in [-0.2, 0) is 0 Å². The van der Waals surface area contributed by atoms with Crippen LogP contribution < -0.4 is 10.9 Å². The predicted octanol–water partition coefficient (Wildman–Crippen LogP) is 2.80. The van der Waals surface area contributed by atoms with Crippen LogP contribution in [0.3, 0.4) is 0 Å². The number of nitrogens with zero attached hydrogens (tertiary/aromatic N) is 2. The number of nitrogens with one attached hydrogen (secondary N) is 1. The number of benzene rings is 2. The normalized spacial score (nSPS) is 14.9. The molecule has 2 aromatic carbocycles. The highest BCUT2D eigenvalue weighted by molar-refractivity contribution is 5.94. The molecular formula is C22H22FN3O3. The van der Waals surface area contributed by atoms with Crippen molar-refractivity contribution in [2.24, 2.45) is 0 Å². The van der Waals surface area contributed by atoms with E-state index in [2.05, 4.69) is 10.2 Å². The van der Waals surface area contributed by atoms with Gasteiger partial charge in [-0.3, -0.25) is 9.69 Å². The van der Waals surface area contributed by atoms with E-state index in [1.807, 2.05) is 18.2 Å². The van der Waals surface area contributed by atoms with E-state index in [0.717, 1.165) is 30.7 Å². The van der Waals surface area contributed by atoms with Crippen LogP contribution in [0, 0.1) is 5.82 Å². The Balaban J connectivity index is 1.30. The molecule has 1 aromatic heterocycles. The fourth-order valence-corrected chi connectivity index (χ4v) is 3.59. The molecule has 3 aromatic rings. The van der Waals surface area contributed by atoms with E-state index in [-0.39, 0.29) is 11.5 Å². The van der Waals surface area contributed by atoms with Crippen LogP contribution >= 0.6 is 0 Å². The number of piperazine rings is 1. The smallest absolute Gasteiger partial charge is 0.338 e. The van der Waals surface area contributed by atoms with Gasteiger partial charge in [0.05, 0.1) is 5.69 Å². The monoisotopic (exact) mass is 395 g/mol. The Labute approximate surface area is 167 Å². The Morgan fingerprint density at radius 2 is 1.83 bits per heavy atom. The first-order valence-corrected chi connectivity index (χ1v) is 9.64. The van der Waals surface area contributed by atoms with Crippen LogP contribution in [0.1, 0.15) is 10.4 Å². The van der Waals surface area contributed by atoms with Gasteiger partial charge in [0.15, 0.2) is 0 Å². The second-order valence-corrected chi connectivity index (χ2v) is 7.05. The molecule has 0 atom stereocenters. The summed E-state index contributed by atoms with van der Waals surface area (Å²) in [4.78, 5) is 28.3. The molecule has 1 amide bonds. The number of carbonyl (C=O) groups is 1. The SMILES string of the molecule is O=C(c1cccc(F)c1)N1CCN(CCNc2cc(=O)oc3ccccc23)CC1. The lowest BCUT2D eigenvalue weighted by atomic mass is 10.1. The highest BCUT2D eigenvalue weighted by Gasteiger charge is 2.22. The van der Waals surface area contributed by atoms with Gasteiger partial charge in [-0.25, -0.2) is 9.18 Å². The highest BCUT2D eigenvalue weighted by Crippen LogP contribution is 2.20. The minimum atomic E-state index is -0.400. The molecule has 150 valence electrons. The molecule has 2 heterocycles. The van der Waals surface area contributed by atoms with Crippen molar-refractivity contribution in [2.45, 2.75) is 0 Å². The minimum absolute atomic E-state index is 0.134. The molecule has 0 radical (unpaired) electrons. The first-order valence-electron chi connectivity index (χ1n) is 9.64. The van der Waals surface area contributed by atoms with Gasteiger partial charge in [-0.1, -0.05) is 18.2 Å².